The van der Waals surface area contributed by atoms with E-state index < -0.39 is 0 Å². The molecule has 1 nitrogen and oxygen atoms in total. The van der Waals surface area contributed by atoms with Crippen molar-refractivity contribution in [3.05, 3.63) is 71.8 Å². The van der Waals surface area contributed by atoms with Crippen molar-refractivity contribution in [1.29, 1.82) is 0 Å². The van der Waals surface area contributed by atoms with Crippen LogP contribution in [0.3, 0.4) is 0 Å². The fraction of sp³-hybridized carbons (Fsp3) is 0.176. The molecule has 0 fully saturated rings. The first-order valence-electron chi connectivity index (χ1n) is 6.42. The van der Waals surface area contributed by atoms with Crippen LogP contribution >= 0.6 is 12.6 Å². The largest absolute Gasteiger partial charge is 0.489 e. The van der Waals surface area contributed by atoms with Gasteiger partial charge in [0, 0.05) is 0 Å². The van der Waals surface area contributed by atoms with Crippen LogP contribution in [-0.2, 0) is 6.61 Å². The van der Waals surface area contributed by atoms with E-state index in [9.17, 15) is 0 Å². The molecule has 0 aromatic heterocycles. The van der Waals surface area contributed by atoms with Gasteiger partial charge in [-0.05, 0) is 35.4 Å². The monoisotopic (exact) mass is 270 g/mol. The van der Waals surface area contributed by atoms with E-state index in [0.29, 0.717) is 6.61 Å². The summed E-state index contributed by atoms with van der Waals surface area (Å²) >= 11 is 4.17. The van der Waals surface area contributed by atoms with Crippen molar-refractivity contribution in [2.24, 2.45) is 0 Å². The first-order valence-corrected chi connectivity index (χ1v) is 7.06. The van der Waals surface area contributed by atoms with Gasteiger partial charge in [-0.3, -0.25) is 0 Å². The highest BCUT2D eigenvalue weighted by atomic mass is 32.1. The van der Waals surface area contributed by atoms with E-state index in [-0.39, 0.29) is 0 Å². The van der Waals surface area contributed by atoms with Crippen molar-refractivity contribution in [3.8, 4) is 5.75 Å². The summed E-state index contributed by atoms with van der Waals surface area (Å²) < 4.78 is 5.74. The van der Waals surface area contributed by atoms with Crippen molar-refractivity contribution in [2.75, 3.05) is 5.75 Å². The first-order chi connectivity index (χ1) is 9.38. The van der Waals surface area contributed by atoms with Crippen LogP contribution in [0, 0.1) is 0 Å². The quantitative estimate of drug-likeness (QED) is 0.755. The molecule has 0 saturated heterocycles. The summed E-state index contributed by atoms with van der Waals surface area (Å²) in [6, 6.07) is 18.3. The molecule has 0 atom stereocenters. The van der Waals surface area contributed by atoms with Crippen LogP contribution in [0.25, 0.3) is 6.08 Å². The fourth-order valence-electron chi connectivity index (χ4n) is 1.71. The minimum Gasteiger partial charge on any atom is -0.489 e. The number of allylic oxidation sites excluding steroid dienone is 1. The molecular formula is C17H18OS. The zero-order valence-corrected chi connectivity index (χ0v) is 11.7. The average Bonchev–Trinajstić information content (AvgIpc) is 2.48. The average molecular weight is 270 g/mol. The predicted octanol–water partition coefficient (Wildman–Crippen LogP) is 4.60. The van der Waals surface area contributed by atoms with Gasteiger partial charge in [-0.1, -0.05) is 54.6 Å². The molecule has 0 N–H and O–H groups in total. The second kappa shape index (κ2) is 7.70. The Morgan fingerprint density at radius 1 is 0.947 bits per heavy atom. The Hall–Kier alpha value is -1.67. The Morgan fingerprint density at radius 3 is 2.37 bits per heavy atom. The Kier molecular flexibility index (Phi) is 5.57. The molecule has 0 amide bonds. The summed E-state index contributed by atoms with van der Waals surface area (Å²) in [6.07, 6.45) is 5.24. The van der Waals surface area contributed by atoms with Crippen molar-refractivity contribution in [3.63, 3.8) is 0 Å². The van der Waals surface area contributed by atoms with Gasteiger partial charge in [-0.15, -0.1) is 0 Å². The molecule has 0 saturated carbocycles. The molecule has 0 bridgehead atoms. The van der Waals surface area contributed by atoms with Crippen molar-refractivity contribution < 1.29 is 4.74 Å². The topological polar surface area (TPSA) is 9.23 Å². The van der Waals surface area contributed by atoms with Crippen LogP contribution < -0.4 is 4.74 Å². The summed E-state index contributed by atoms with van der Waals surface area (Å²) in [5.74, 6) is 1.78. The third-order valence-electron chi connectivity index (χ3n) is 2.73. The lowest BCUT2D eigenvalue weighted by molar-refractivity contribution is 0.306. The zero-order valence-electron chi connectivity index (χ0n) is 10.8. The minimum atomic E-state index is 0.607. The van der Waals surface area contributed by atoms with Gasteiger partial charge < -0.3 is 4.74 Å². The van der Waals surface area contributed by atoms with Crippen LogP contribution in [0.5, 0.6) is 5.75 Å². The number of thiol groups is 1. The van der Waals surface area contributed by atoms with E-state index in [1.165, 1.54) is 11.1 Å². The van der Waals surface area contributed by atoms with Crippen LogP contribution in [0.1, 0.15) is 17.5 Å². The van der Waals surface area contributed by atoms with E-state index in [1.54, 1.807) is 0 Å². The molecule has 0 aliphatic rings. The Bertz CT molecular complexity index is 503. The highest BCUT2D eigenvalue weighted by Gasteiger charge is 1.95. The van der Waals surface area contributed by atoms with Crippen molar-refractivity contribution >= 4 is 18.7 Å². The summed E-state index contributed by atoms with van der Waals surface area (Å²) in [7, 11) is 0. The molecule has 0 aliphatic heterocycles. The third kappa shape index (κ3) is 4.84. The Balaban J connectivity index is 1.88. The molecule has 19 heavy (non-hydrogen) atoms. The van der Waals surface area contributed by atoms with Gasteiger partial charge in [-0.2, -0.15) is 12.6 Å². The van der Waals surface area contributed by atoms with Crippen molar-refractivity contribution in [1.82, 2.24) is 0 Å². The Labute approximate surface area is 120 Å². The van der Waals surface area contributed by atoms with E-state index in [2.05, 4.69) is 49.0 Å². The lowest BCUT2D eigenvalue weighted by Crippen LogP contribution is -1.94. The first kappa shape index (κ1) is 13.8. The minimum absolute atomic E-state index is 0.607. The van der Waals surface area contributed by atoms with Gasteiger partial charge >= 0.3 is 0 Å². The lowest BCUT2D eigenvalue weighted by Gasteiger charge is -2.06. The molecule has 0 heterocycles. The van der Waals surface area contributed by atoms with Gasteiger partial charge in [0.2, 0.25) is 0 Å². The summed E-state index contributed by atoms with van der Waals surface area (Å²) in [4.78, 5) is 0. The maximum Gasteiger partial charge on any atom is 0.119 e. The number of hydrogen-bond acceptors (Lipinski definition) is 2. The van der Waals surface area contributed by atoms with Gasteiger partial charge in [0.1, 0.15) is 12.4 Å². The van der Waals surface area contributed by atoms with E-state index in [4.69, 9.17) is 4.74 Å². The summed E-state index contributed by atoms with van der Waals surface area (Å²) in [5, 5.41) is 0. The highest BCUT2D eigenvalue weighted by Crippen LogP contribution is 2.15. The van der Waals surface area contributed by atoms with Crippen molar-refractivity contribution in [2.45, 2.75) is 13.0 Å². The maximum atomic E-state index is 5.74. The van der Waals surface area contributed by atoms with Gasteiger partial charge in [-0.25, -0.2) is 0 Å². The number of rotatable bonds is 6. The van der Waals surface area contributed by atoms with E-state index >= 15 is 0 Å². The fourth-order valence-corrected chi connectivity index (χ4v) is 1.86. The second-order valence-electron chi connectivity index (χ2n) is 4.26. The lowest BCUT2D eigenvalue weighted by atomic mass is 10.2. The summed E-state index contributed by atoms with van der Waals surface area (Å²) in [6.45, 7) is 0.607. The van der Waals surface area contributed by atoms with Gasteiger partial charge in [0.25, 0.3) is 0 Å². The Morgan fingerprint density at radius 2 is 1.68 bits per heavy atom. The molecule has 0 aliphatic carbocycles. The summed E-state index contributed by atoms with van der Waals surface area (Å²) in [5.41, 5.74) is 2.37. The highest BCUT2D eigenvalue weighted by molar-refractivity contribution is 7.80. The molecule has 0 unspecified atom stereocenters. The number of hydrogen-bond donors (Lipinski definition) is 1. The zero-order chi connectivity index (χ0) is 13.3. The molecule has 0 spiro atoms. The second-order valence-corrected chi connectivity index (χ2v) is 4.71. The molecule has 2 heteroatoms. The predicted molar refractivity (Wildman–Crippen MR) is 84.7 cm³/mol. The molecule has 98 valence electrons. The normalized spacial score (nSPS) is 10.8. The maximum absolute atomic E-state index is 5.74. The molecule has 2 aromatic carbocycles. The van der Waals surface area contributed by atoms with Crippen LogP contribution in [-0.4, -0.2) is 5.75 Å². The van der Waals surface area contributed by atoms with Crippen LogP contribution in [0.4, 0.5) is 0 Å². The molecule has 2 aromatic rings. The third-order valence-corrected chi connectivity index (χ3v) is 2.99. The standard InChI is InChI=1S/C17H18OS/c19-13-5-4-6-15-9-11-17(12-10-15)18-14-16-7-2-1-3-8-16/h1-4,6-12,19H,5,13-14H2. The van der Waals surface area contributed by atoms with Crippen LogP contribution in [0.15, 0.2) is 60.7 Å². The molecular weight excluding hydrogens is 252 g/mol. The van der Waals surface area contributed by atoms with E-state index in [0.717, 1.165) is 17.9 Å². The number of benzene rings is 2. The van der Waals surface area contributed by atoms with Crippen LogP contribution in [0.2, 0.25) is 0 Å². The number of ether oxygens (including phenoxy) is 1. The SMILES string of the molecule is SCCC=Cc1ccc(OCc2ccccc2)cc1. The molecule has 0 radical (unpaired) electrons. The molecule has 2 rings (SSSR count). The smallest absolute Gasteiger partial charge is 0.119 e. The van der Waals surface area contributed by atoms with E-state index in [1.807, 2.05) is 30.3 Å². The van der Waals surface area contributed by atoms with Gasteiger partial charge in [0.15, 0.2) is 0 Å². The van der Waals surface area contributed by atoms with Gasteiger partial charge in [0.05, 0.1) is 0 Å².